The molecule has 0 radical (unpaired) electrons. The van der Waals surface area contributed by atoms with Crippen molar-refractivity contribution in [2.45, 2.75) is 19.4 Å². The summed E-state index contributed by atoms with van der Waals surface area (Å²) < 4.78 is 0. The first kappa shape index (κ1) is 13.8. The van der Waals surface area contributed by atoms with Crippen LogP contribution in [-0.2, 0) is 16.4 Å². The first-order valence-corrected chi connectivity index (χ1v) is 6.52. The van der Waals surface area contributed by atoms with Crippen LogP contribution in [-0.4, -0.2) is 35.8 Å². The van der Waals surface area contributed by atoms with Gasteiger partial charge in [0.15, 0.2) is 0 Å². The van der Waals surface area contributed by atoms with E-state index in [0.29, 0.717) is 13.1 Å². The Balaban J connectivity index is 1.72. The quantitative estimate of drug-likeness (QED) is 0.668. The number of amides is 1. The van der Waals surface area contributed by atoms with E-state index in [-0.39, 0.29) is 19.1 Å². The summed E-state index contributed by atoms with van der Waals surface area (Å²) in [6.45, 7) is 1.53. The van der Waals surface area contributed by atoms with Crippen molar-refractivity contribution in [2.24, 2.45) is 5.92 Å². The minimum Gasteiger partial charge on any atom is -0.396 e. The number of carbonyl (C=O) groups is 1. The highest BCUT2D eigenvalue weighted by atomic mass is 17.2. The first-order chi connectivity index (χ1) is 9.29. The number of hydrogen-bond acceptors (Lipinski definition) is 4. The van der Waals surface area contributed by atoms with Crippen molar-refractivity contribution in [3.63, 3.8) is 0 Å². The van der Waals surface area contributed by atoms with Gasteiger partial charge >= 0.3 is 6.09 Å². The third-order valence-electron chi connectivity index (χ3n) is 3.23. The van der Waals surface area contributed by atoms with Crippen LogP contribution < -0.4 is 0 Å². The summed E-state index contributed by atoms with van der Waals surface area (Å²) in [5.41, 5.74) is 0.946. The van der Waals surface area contributed by atoms with Gasteiger partial charge < -0.3 is 10.0 Å². The number of benzene rings is 1. The van der Waals surface area contributed by atoms with E-state index in [2.05, 4.69) is 0 Å². The van der Waals surface area contributed by atoms with Gasteiger partial charge in [-0.15, -0.1) is 0 Å². The molecular weight excluding hydrogens is 246 g/mol. The Morgan fingerprint density at radius 3 is 2.89 bits per heavy atom. The van der Waals surface area contributed by atoms with Gasteiger partial charge in [0.05, 0.1) is 0 Å². The average Bonchev–Trinajstić information content (AvgIpc) is 2.48. The molecule has 104 valence electrons. The lowest BCUT2D eigenvalue weighted by molar-refractivity contribution is -0.256. The lowest BCUT2D eigenvalue weighted by atomic mass is 10.00. The molecule has 2 rings (SSSR count). The second kappa shape index (κ2) is 7.11. The summed E-state index contributed by atoms with van der Waals surface area (Å²) in [7, 11) is 0. The highest BCUT2D eigenvalue weighted by molar-refractivity contribution is 5.67. The normalized spacial score (nSPS) is 19.2. The molecule has 5 heteroatoms. The van der Waals surface area contributed by atoms with Crippen LogP contribution >= 0.6 is 0 Å². The van der Waals surface area contributed by atoms with E-state index in [0.717, 1.165) is 18.4 Å². The maximum atomic E-state index is 11.7. The Morgan fingerprint density at radius 1 is 1.37 bits per heavy atom. The van der Waals surface area contributed by atoms with Gasteiger partial charge in [0.25, 0.3) is 0 Å². The third kappa shape index (κ3) is 4.22. The van der Waals surface area contributed by atoms with Crippen molar-refractivity contribution in [3.8, 4) is 0 Å². The molecule has 1 saturated heterocycles. The maximum Gasteiger partial charge on any atom is 0.441 e. The number of piperidine rings is 1. The van der Waals surface area contributed by atoms with Crippen LogP contribution in [0.25, 0.3) is 0 Å². The summed E-state index contributed by atoms with van der Waals surface area (Å²) in [4.78, 5) is 23.1. The molecule has 1 aromatic rings. The number of nitrogens with zero attached hydrogens (tertiary/aromatic N) is 1. The number of likely N-dealkylation sites (tertiary alicyclic amines) is 1. The van der Waals surface area contributed by atoms with Crippen molar-refractivity contribution in [1.82, 2.24) is 4.90 Å². The molecule has 0 aromatic heterocycles. The van der Waals surface area contributed by atoms with Crippen LogP contribution in [0.2, 0.25) is 0 Å². The fraction of sp³-hybridized carbons (Fsp3) is 0.500. The second-order valence-electron chi connectivity index (χ2n) is 4.73. The molecule has 0 aliphatic carbocycles. The van der Waals surface area contributed by atoms with Crippen molar-refractivity contribution in [1.29, 1.82) is 0 Å². The third-order valence-corrected chi connectivity index (χ3v) is 3.23. The molecular formula is C14H19NO4. The van der Waals surface area contributed by atoms with Gasteiger partial charge in [-0.25, -0.2) is 4.79 Å². The van der Waals surface area contributed by atoms with Gasteiger partial charge in [0, 0.05) is 19.7 Å². The van der Waals surface area contributed by atoms with E-state index in [1.165, 1.54) is 0 Å². The number of carbonyl (C=O) groups excluding carboxylic acids is 1. The van der Waals surface area contributed by atoms with Crippen LogP contribution in [0.15, 0.2) is 30.3 Å². The van der Waals surface area contributed by atoms with Gasteiger partial charge in [-0.05, 0) is 24.3 Å². The molecule has 1 heterocycles. The predicted octanol–water partition coefficient (Wildman–Crippen LogP) is 1.96. The Bertz CT molecular complexity index is 396. The molecule has 1 aliphatic rings. The Kier molecular flexibility index (Phi) is 5.18. The van der Waals surface area contributed by atoms with Gasteiger partial charge in [0.1, 0.15) is 6.61 Å². The van der Waals surface area contributed by atoms with Gasteiger partial charge in [-0.3, -0.25) is 4.89 Å². The molecule has 1 N–H and O–H groups in total. The largest absolute Gasteiger partial charge is 0.441 e. The van der Waals surface area contributed by atoms with Crippen LogP contribution in [0.3, 0.4) is 0 Å². The monoisotopic (exact) mass is 265 g/mol. The minimum atomic E-state index is -0.478. The average molecular weight is 265 g/mol. The minimum absolute atomic E-state index is 0.106. The Morgan fingerprint density at radius 2 is 2.16 bits per heavy atom. The molecule has 1 fully saturated rings. The van der Waals surface area contributed by atoms with Crippen molar-refractivity contribution in [3.05, 3.63) is 35.9 Å². The summed E-state index contributed by atoms with van der Waals surface area (Å²) in [6.07, 6.45) is 1.36. The fourth-order valence-corrected chi connectivity index (χ4v) is 2.15. The van der Waals surface area contributed by atoms with E-state index in [1.807, 2.05) is 30.3 Å². The highest BCUT2D eigenvalue weighted by Crippen LogP contribution is 2.16. The van der Waals surface area contributed by atoms with Crippen LogP contribution in [0.1, 0.15) is 18.4 Å². The molecule has 1 aliphatic heterocycles. The molecule has 0 spiro atoms. The van der Waals surface area contributed by atoms with Gasteiger partial charge in [-0.2, -0.15) is 4.89 Å². The Hall–Kier alpha value is -1.59. The van der Waals surface area contributed by atoms with E-state index in [1.54, 1.807) is 4.90 Å². The SMILES string of the molecule is O=C(OOCc1ccccc1)N1CCCC(CO)C1. The summed E-state index contributed by atoms with van der Waals surface area (Å²) in [5.74, 6) is 0.149. The van der Waals surface area contributed by atoms with Crippen molar-refractivity contribution >= 4 is 6.09 Å². The van der Waals surface area contributed by atoms with Crippen LogP contribution in [0, 0.1) is 5.92 Å². The molecule has 1 aromatic carbocycles. The zero-order chi connectivity index (χ0) is 13.5. The fourth-order valence-electron chi connectivity index (χ4n) is 2.15. The highest BCUT2D eigenvalue weighted by Gasteiger charge is 2.24. The van der Waals surface area contributed by atoms with Crippen LogP contribution in [0.4, 0.5) is 4.79 Å². The van der Waals surface area contributed by atoms with E-state index >= 15 is 0 Å². The molecule has 19 heavy (non-hydrogen) atoms. The van der Waals surface area contributed by atoms with E-state index in [4.69, 9.17) is 14.9 Å². The van der Waals surface area contributed by atoms with Gasteiger partial charge in [-0.1, -0.05) is 30.3 Å². The predicted molar refractivity (Wildman–Crippen MR) is 69.1 cm³/mol. The van der Waals surface area contributed by atoms with E-state index in [9.17, 15) is 4.79 Å². The lowest BCUT2D eigenvalue weighted by Crippen LogP contribution is -2.41. The summed E-state index contributed by atoms with van der Waals surface area (Å²) in [5, 5.41) is 9.11. The van der Waals surface area contributed by atoms with Crippen LogP contribution in [0.5, 0.6) is 0 Å². The zero-order valence-electron chi connectivity index (χ0n) is 10.8. The standard InChI is InChI=1S/C14H19NO4/c16-10-13-7-4-8-15(9-13)14(17)19-18-11-12-5-2-1-3-6-12/h1-3,5-6,13,16H,4,7-11H2. The summed E-state index contributed by atoms with van der Waals surface area (Å²) >= 11 is 0. The molecule has 5 nitrogen and oxygen atoms in total. The first-order valence-electron chi connectivity index (χ1n) is 6.52. The molecule has 1 amide bonds. The zero-order valence-corrected chi connectivity index (χ0v) is 10.8. The smallest absolute Gasteiger partial charge is 0.396 e. The number of hydrogen-bond donors (Lipinski definition) is 1. The number of rotatable bonds is 4. The lowest BCUT2D eigenvalue weighted by Gasteiger charge is -2.30. The molecule has 1 atom stereocenters. The maximum absolute atomic E-state index is 11.7. The molecule has 0 bridgehead atoms. The molecule has 0 saturated carbocycles. The topological polar surface area (TPSA) is 59.0 Å². The number of aliphatic hydroxyl groups excluding tert-OH is 1. The second-order valence-corrected chi connectivity index (χ2v) is 4.73. The van der Waals surface area contributed by atoms with Crippen molar-refractivity contribution in [2.75, 3.05) is 19.7 Å². The Labute approximate surface area is 112 Å². The van der Waals surface area contributed by atoms with Gasteiger partial charge in [0.2, 0.25) is 0 Å². The van der Waals surface area contributed by atoms with E-state index < -0.39 is 6.09 Å². The molecule has 1 unspecified atom stereocenters. The van der Waals surface area contributed by atoms with Crippen molar-refractivity contribution < 1.29 is 19.7 Å². The summed E-state index contributed by atoms with van der Waals surface area (Å²) in [6, 6.07) is 9.51. The number of aliphatic hydroxyl groups is 1.